The summed E-state index contributed by atoms with van der Waals surface area (Å²) in [6.07, 6.45) is 8.64. The molecule has 0 aromatic heterocycles. The van der Waals surface area contributed by atoms with Gasteiger partial charge >= 0.3 is 0 Å². The molecule has 0 spiro atoms. The van der Waals surface area contributed by atoms with Gasteiger partial charge in [-0.25, -0.2) is 0 Å². The molecule has 3 aliphatic rings. The van der Waals surface area contributed by atoms with Crippen LogP contribution in [0.2, 0.25) is 0 Å². The van der Waals surface area contributed by atoms with Gasteiger partial charge in [-0.05, 0) is 51.5 Å². The highest BCUT2D eigenvalue weighted by Gasteiger charge is 2.36. The number of carbonyl (C=O) groups excluding carboxylic acids is 1. The molecule has 2 saturated heterocycles. The van der Waals surface area contributed by atoms with Crippen LogP contribution in [0.3, 0.4) is 0 Å². The predicted molar refractivity (Wildman–Crippen MR) is 71.1 cm³/mol. The van der Waals surface area contributed by atoms with Crippen molar-refractivity contribution in [3.05, 3.63) is 0 Å². The normalized spacial score (nSPS) is 34.7. The Morgan fingerprint density at radius 3 is 2.83 bits per heavy atom. The van der Waals surface area contributed by atoms with E-state index >= 15 is 0 Å². The zero-order valence-corrected chi connectivity index (χ0v) is 11.2. The van der Waals surface area contributed by atoms with Crippen molar-refractivity contribution in [3.8, 4) is 0 Å². The van der Waals surface area contributed by atoms with Crippen LogP contribution in [-0.4, -0.2) is 41.5 Å². The lowest BCUT2D eigenvalue weighted by Gasteiger charge is -2.39. The van der Waals surface area contributed by atoms with Gasteiger partial charge in [0.05, 0.1) is 0 Å². The Bertz CT molecular complexity index is 327. The first-order valence-corrected chi connectivity index (χ1v) is 7.47. The second-order valence-electron chi connectivity index (χ2n) is 6.51. The molecule has 0 aromatic carbocycles. The van der Waals surface area contributed by atoms with Crippen LogP contribution in [-0.2, 0) is 4.79 Å². The lowest BCUT2D eigenvalue weighted by Crippen LogP contribution is -2.53. The molecular formula is C14H25N3O. The quantitative estimate of drug-likeness (QED) is 0.787. The molecule has 1 amide bonds. The topological polar surface area (TPSA) is 58.4 Å². The summed E-state index contributed by atoms with van der Waals surface area (Å²) < 4.78 is 0. The van der Waals surface area contributed by atoms with Gasteiger partial charge in [-0.3, -0.25) is 4.79 Å². The molecule has 0 bridgehead atoms. The summed E-state index contributed by atoms with van der Waals surface area (Å²) in [4.78, 5) is 14.6. The van der Waals surface area contributed by atoms with Crippen LogP contribution in [0.25, 0.3) is 0 Å². The van der Waals surface area contributed by atoms with Gasteiger partial charge in [0.2, 0.25) is 5.91 Å². The number of nitrogens with two attached hydrogens (primary N) is 1. The highest BCUT2D eigenvalue weighted by Crippen LogP contribution is 2.32. The average molecular weight is 251 g/mol. The van der Waals surface area contributed by atoms with Gasteiger partial charge in [0.1, 0.15) is 0 Å². The minimum Gasteiger partial charge on any atom is -0.353 e. The van der Waals surface area contributed by atoms with Crippen LogP contribution in [0.1, 0.15) is 51.4 Å². The van der Waals surface area contributed by atoms with E-state index in [-0.39, 0.29) is 11.4 Å². The van der Waals surface area contributed by atoms with Crippen LogP contribution < -0.4 is 11.1 Å². The molecule has 3 rings (SSSR count). The van der Waals surface area contributed by atoms with Gasteiger partial charge in [0.15, 0.2) is 0 Å². The van der Waals surface area contributed by atoms with Crippen molar-refractivity contribution >= 4 is 5.91 Å². The third-order valence-electron chi connectivity index (χ3n) is 5.05. The molecule has 1 aliphatic carbocycles. The monoisotopic (exact) mass is 251 g/mol. The number of rotatable bonds is 3. The number of amides is 1. The van der Waals surface area contributed by atoms with E-state index in [2.05, 4.69) is 10.2 Å². The van der Waals surface area contributed by atoms with E-state index in [0.717, 1.165) is 38.3 Å². The number of hydrogen-bond acceptors (Lipinski definition) is 3. The van der Waals surface area contributed by atoms with E-state index in [1.54, 1.807) is 0 Å². The minimum absolute atomic E-state index is 0.175. The van der Waals surface area contributed by atoms with Crippen molar-refractivity contribution in [2.75, 3.05) is 13.1 Å². The molecule has 2 heterocycles. The van der Waals surface area contributed by atoms with Crippen LogP contribution in [0.4, 0.5) is 0 Å². The summed E-state index contributed by atoms with van der Waals surface area (Å²) >= 11 is 0. The molecule has 102 valence electrons. The number of carbonyl (C=O) groups is 1. The molecule has 2 unspecified atom stereocenters. The summed E-state index contributed by atoms with van der Waals surface area (Å²) in [6.45, 7) is 2.42. The summed E-state index contributed by atoms with van der Waals surface area (Å²) in [6, 6.07) is 1.11. The smallest absolute Gasteiger partial charge is 0.222 e. The Balaban J connectivity index is 1.46. The van der Waals surface area contributed by atoms with E-state index in [1.165, 1.54) is 25.8 Å². The molecular weight excluding hydrogens is 226 g/mol. The van der Waals surface area contributed by atoms with Gasteiger partial charge in [0, 0.05) is 30.6 Å². The third kappa shape index (κ3) is 2.54. The molecule has 2 atom stereocenters. The Kier molecular flexibility index (Phi) is 3.32. The van der Waals surface area contributed by atoms with Crippen molar-refractivity contribution < 1.29 is 4.79 Å². The molecule has 1 saturated carbocycles. The number of piperidine rings is 1. The molecule has 18 heavy (non-hydrogen) atoms. The molecule has 3 N–H and O–H groups in total. The fraction of sp³-hybridized carbons (Fsp3) is 0.929. The first-order chi connectivity index (χ1) is 8.65. The summed E-state index contributed by atoms with van der Waals surface area (Å²) in [7, 11) is 0. The maximum Gasteiger partial charge on any atom is 0.222 e. The minimum atomic E-state index is -0.182. The number of nitrogens with one attached hydrogen (secondary N) is 1. The molecule has 0 radical (unpaired) electrons. The van der Waals surface area contributed by atoms with Gasteiger partial charge in [-0.1, -0.05) is 0 Å². The molecule has 4 nitrogen and oxygen atoms in total. The average Bonchev–Trinajstić information content (AvgIpc) is 2.74. The molecule has 3 fully saturated rings. The van der Waals surface area contributed by atoms with Crippen molar-refractivity contribution in [1.82, 2.24) is 10.2 Å². The first kappa shape index (κ1) is 12.4. The SMILES string of the molecule is NC1(CC(=O)NC2CCN3CCCC3C2)CCC1. The van der Waals surface area contributed by atoms with Crippen molar-refractivity contribution in [3.63, 3.8) is 0 Å². The van der Waals surface area contributed by atoms with E-state index in [9.17, 15) is 4.79 Å². The van der Waals surface area contributed by atoms with E-state index in [0.29, 0.717) is 12.5 Å². The van der Waals surface area contributed by atoms with Crippen LogP contribution in [0.5, 0.6) is 0 Å². The van der Waals surface area contributed by atoms with Gasteiger partial charge in [0.25, 0.3) is 0 Å². The summed E-state index contributed by atoms with van der Waals surface area (Å²) in [5, 5.41) is 3.21. The van der Waals surface area contributed by atoms with Crippen molar-refractivity contribution in [2.24, 2.45) is 5.73 Å². The second kappa shape index (κ2) is 4.82. The van der Waals surface area contributed by atoms with Crippen molar-refractivity contribution in [2.45, 2.75) is 69.0 Å². The Labute approximate surface area is 109 Å². The van der Waals surface area contributed by atoms with Crippen LogP contribution in [0.15, 0.2) is 0 Å². The highest BCUT2D eigenvalue weighted by molar-refractivity contribution is 5.77. The summed E-state index contributed by atoms with van der Waals surface area (Å²) in [5.74, 6) is 0.175. The fourth-order valence-corrected chi connectivity index (χ4v) is 3.76. The number of fused-ring (bicyclic) bond motifs is 1. The Morgan fingerprint density at radius 1 is 1.28 bits per heavy atom. The lowest BCUT2D eigenvalue weighted by molar-refractivity contribution is -0.124. The number of nitrogens with zero attached hydrogens (tertiary/aromatic N) is 1. The molecule has 4 heteroatoms. The predicted octanol–water partition coefficient (Wildman–Crippen LogP) is 1.00. The zero-order valence-electron chi connectivity index (χ0n) is 11.2. The van der Waals surface area contributed by atoms with Gasteiger partial charge in [-0.2, -0.15) is 0 Å². The Hall–Kier alpha value is -0.610. The van der Waals surface area contributed by atoms with E-state index in [1.807, 2.05) is 0 Å². The highest BCUT2D eigenvalue weighted by atomic mass is 16.1. The largest absolute Gasteiger partial charge is 0.353 e. The maximum atomic E-state index is 12.0. The molecule has 0 aromatic rings. The van der Waals surface area contributed by atoms with E-state index < -0.39 is 0 Å². The van der Waals surface area contributed by atoms with Gasteiger partial charge in [-0.15, -0.1) is 0 Å². The van der Waals surface area contributed by atoms with Gasteiger partial charge < -0.3 is 16.0 Å². The van der Waals surface area contributed by atoms with Crippen LogP contribution >= 0.6 is 0 Å². The first-order valence-electron chi connectivity index (χ1n) is 7.47. The zero-order chi connectivity index (χ0) is 12.6. The standard InChI is InChI=1S/C14H25N3O/c15-14(5-2-6-14)10-13(18)16-11-4-8-17-7-1-3-12(17)9-11/h11-12H,1-10,15H2,(H,16,18). The van der Waals surface area contributed by atoms with Crippen molar-refractivity contribution in [1.29, 1.82) is 0 Å². The fourth-order valence-electron chi connectivity index (χ4n) is 3.76. The maximum absolute atomic E-state index is 12.0. The lowest BCUT2D eigenvalue weighted by atomic mass is 9.75. The summed E-state index contributed by atoms with van der Waals surface area (Å²) in [5.41, 5.74) is 5.94. The Morgan fingerprint density at radius 2 is 2.11 bits per heavy atom. The van der Waals surface area contributed by atoms with E-state index in [4.69, 9.17) is 5.73 Å². The molecule has 2 aliphatic heterocycles. The van der Waals surface area contributed by atoms with Crippen LogP contribution in [0, 0.1) is 0 Å². The second-order valence-corrected chi connectivity index (χ2v) is 6.51. The third-order valence-corrected chi connectivity index (χ3v) is 5.05. The number of hydrogen-bond donors (Lipinski definition) is 2.